The molecule has 2 rings (SSSR count). The lowest BCUT2D eigenvalue weighted by Gasteiger charge is -2.21. The van der Waals surface area contributed by atoms with Gasteiger partial charge in [0.25, 0.3) is 0 Å². The van der Waals surface area contributed by atoms with E-state index in [9.17, 15) is 9.59 Å². The molecular formula is C15H19NO4. The normalized spacial score (nSPS) is 17.4. The third kappa shape index (κ3) is 3.50. The third-order valence-electron chi connectivity index (χ3n) is 3.11. The van der Waals surface area contributed by atoms with Gasteiger partial charge in [0.1, 0.15) is 5.60 Å². The van der Waals surface area contributed by atoms with E-state index in [1.165, 1.54) is 0 Å². The van der Waals surface area contributed by atoms with Gasteiger partial charge in [0.05, 0.1) is 5.56 Å². The van der Waals surface area contributed by atoms with E-state index in [1.54, 1.807) is 12.1 Å². The highest BCUT2D eigenvalue weighted by atomic mass is 16.6. The molecule has 5 nitrogen and oxygen atoms in total. The van der Waals surface area contributed by atoms with Gasteiger partial charge < -0.3 is 15.2 Å². The van der Waals surface area contributed by atoms with Crippen molar-refractivity contribution in [3.05, 3.63) is 34.9 Å². The average molecular weight is 277 g/mol. The van der Waals surface area contributed by atoms with Crippen LogP contribution in [0.3, 0.4) is 0 Å². The van der Waals surface area contributed by atoms with E-state index < -0.39 is 17.7 Å². The summed E-state index contributed by atoms with van der Waals surface area (Å²) in [4.78, 5) is 22.6. The molecule has 1 aliphatic rings. The number of carbonyl (C=O) groups is 2. The maximum atomic E-state index is 11.7. The number of hydrogen-bond acceptors (Lipinski definition) is 3. The quantitative estimate of drug-likeness (QED) is 0.870. The van der Waals surface area contributed by atoms with Crippen molar-refractivity contribution in [3.8, 4) is 0 Å². The number of carboxylic acids is 1. The Hall–Kier alpha value is -2.04. The highest BCUT2D eigenvalue weighted by Gasteiger charge is 2.25. The van der Waals surface area contributed by atoms with Gasteiger partial charge in [-0.3, -0.25) is 0 Å². The van der Waals surface area contributed by atoms with Gasteiger partial charge in [-0.25, -0.2) is 9.59 Å². The Balaban J connectivity index is 1.99. The first-order valence-corrected chi connectivity index (χ1v) is 6.59. The lowest BCUT2D eigenvalue weighted by atomic mass is 10.1. The second kappa shape index (κ2) is 5.15. The first-order chi connectivity index (χ1) is 9.24. The monoisotopic (exact) mass is 277 g/mol. The molecule has 0 fully saturated rings. The Labute approximate surface area is 117 Å². The third-order valence-corrected chi connectivity index (χ3v) is 3.11. The number of fused-ring (bicyclic) bond motifs is 1. The second-order valence-corrected chi connectivity index (χ2v) is 6.04. The number of amides is 1. The van der Waals surface area contributed by atoms with Crippen LogP contribution in [-0.2, 0) is 17.6 Å². The van der Waals surface area contributed by atoms with Crippen LogP contribution in [0.15, 0.2) is 18.2 Å². The van der Waals surface area contributed by atoms with Crippen molar-refractivity contribution in [1.82, 2.24) is 5.32 Å². The van der Waals surface area contributed by atoms with Crippen molar-refractivity contribution in [2.75, 3.05) is 0 Å². The fourth-order valence-electron chi connectivity index (χ4n) is 2.33. The summed E-state index contributed by atoms with van der Waals surface area (Å²) in [5, 5.41) is 11.8. The van der Waals surface area contributed by atoms with Crippen LogP contribution >= 0.6 is 0 Å². The van der Waals surface area contributed by atoms with Gasteiger partial charge >= 0.3 is 12.1 Å². The average Bonchev–Trinajstić information content (AvgIpc) is 2.66. The minimum absolute atomic E-state index is 0.0381. The molecule has 108 valence electrons. The molecule has 0 aliphatic heterocycles. The number of ether oxygens (including phenoxy) is 1. The smallest absolute Gasteiger partial charge is 0.407 e. The van der Waals surface area contributed by atoms with Crippen LogP contribution < -0.4 is 5.32 Å². The zero-order valence-electron chi connectivity index (χ0n) is 11.9. The van der Waals surface area contributed by atoms with Crippen LogP contribution in [0.2, 0.25) is 0 Å². The molecule has 0 saturated carbocycles. The number of carbonyl (C=O) groups excluding carboxylic acids is 1. The first-order valence-electron chi connectivity index (χ1n) is 6.59. The van der Waals surface area contributed by atoms with E-state index in [-0.39, 0.29) is 11.6 Å². The minimum atomic E-state index is -0.934. The molecule has 0 aromatic heterocycles. The van der Waals surface area contributed by atoms with Gasteiger partial charge in [-0.15, -0.1) is 0 Å². The molecule has 0 radical (unpaired) electrons. The molecule has 5 heteroatoms. The van der Waals surface area contributed by atoms with E-state index in [4.69, 9.17) is 9.84 Å². The Morgan fingerprint density at radius 3 is 2.50 bits per heavy atom. The fraction of sp³-hybridized carbons (Fsp3) is 0.467. The molecule has 1 aliphatic carbocycles. The first kappa shape index (κ1) is 14.4. The van der Waals surface area contributed by atoms with Crippen LogP contribution in [0.1, 0.15) is 42.3 Å². The topological polar surface area (TPSA) is 75.6 Å². The zero-order valence-corrected chi connectivity index (χ0v) is 11.9. The molecule has 2 N–H and O–H groups in total. The number of aromatic carboxylic acids is 1. The lowest BCUT2D eigenvalue weighted by Crippen LogP contribution is -2.39. The molecule has 0 unspecified atom stereocenters. The van der Waals surface area contributed by atoms with Crippen LogP contribution in [0.25, 0.3) is 0 Å². The summed E-state index contributed by atoms with van der Waals surface area (Å²) < 4.78 is 5.22. The second-order valence-electron chi connectivity index (χ2n) is 6.04. The molecule has 0 spiro atoms. The van der Waals surface area contributed by atoms with Gasteiger partial charge in [0.2, 0.25) is 0 Å². The summed E-state index contributed by atoms with van der Waals surface area (Å²) in [6.07, 6.45) is 0.901. The van der Waals surface area contributed by atoms with Gasteiger partial charge in [-0.2, -0.15) is 0 Å². The molecule has 1 aromatic carbocycles. The van der Waals surface area contributed by atoms with Crippen LogP contribution in [-0.4, -0.2) is 28.8 Å². The minimum Gasteiger partial charge on any atom is -0.478 e. The SMILES string of the molecule is CC(C)(C)OC(=O)N[C@@H]1Cc2ccc(C(=O)O)cc2C1. The van der Waals surface area contributed by atoms with Crippen LogP contribution in [0, 0.1) is 0 Å². The Morgan fingerprint density at radius 2 is 1.90 bits per heavy atom. The van der Waals surface area contributed by atoms with Crippen molar-refractivity contribution < 1.29 is 19.4 Å². The standard InChI is InChI=1S/C15H19NO4/c1-15(2,3)20-14(19)16-12-7-9-4-5-10(13(17)18)6-11(9)8-12/h4-6,12H,7-8H2,1-3H3,(H,16,19)(H,17,18)/t12-/m1/s1. The van der Waals surface area contributed by atoms with Crippen LogP contribution in [0.5, 0.6) is 0 Å². The lowest BCUT2D eigenvalue weighted by molar-refractivity contribution is 0.0506. The van der Waals surface area contributed by atoms with Crippen molar-refractivity contribution in [1.29, 1.82) is 0 Å². The predicted octanol–water partition coefficient (Wildman–Crippen LogP) is 2.38. The van der Waals surface area contributed by atoms with Crippen molar-refractivity contribution in [2.24, 2.45) is 0 Å². The summed E-state index contributed by atoms with van der Waals surface area (Å²) >= 11 is 0. The zero-order chi connectivity index (χ0) is 14.9. The van der Waals surface area contributed by atoms with E-state index in [0.29, 0.717) is 12.8 Å². The molecule has 1 atom stereocenters. The summed E-state index contributed by atoms with van der Waals surface area (Å²) in [5.74, 6) is -0.934. The van der Waals surface area contributed by atoms with Crippen molar-refractivity contribution >= 4 is 12.1 Å². The Bertz CT molecular complexity index is 545. The number of hydrogen-bond donors (Lipinski definition) is 2. The number of alkyl carbamates (subject to hydrolysis) is 1. The summed E-state index contributed by atoms with van der Waals surface area (Å²) in [5.41, 5.74) is 1.81. The largest absolute Gasteiger partial charge is 0.478 e. The molecule has 0 saturated heterocycles. The summed E-state index contributed by atoms with van der Waals surface area (Å²) in [6.45, 7) is 5.44. The van der Waals surface area contributed by atoms with Gasteiger partial charge in [0, 0.05) is 6.04 Å². The van der Waals surface area contributed by atoms with E-state index in [2.05, 4.69) is 5.32 Å². The van der Waals surface area contributed by atoms with Gasteiger partial charge in [-0.05, 0) is 56.9 Å². The summed E-state index contributed by atoms with van der Waals surface area (Å²) in [7, 11) is 0. The number of nitrogens with one attached hydrogen (secondary N) is 1. The molecule has 20 heavy (non-hydrogen) atoms. The van der Waals surface area contributed by atoms with Crippen molar-refractivity contribution in [2.45, 2.75) is 45.3 Å². The molecule has 1 amide bonds. The van der Waals surface area contributed by atoms with Gasteiger partial charge in [-0.1, -0.05) is 6.07 Å². The van der Waals surface area contributed by atoms with E-state index in [1.807, 2.05) is 26.8 Å². The van der Waals surface area contributed by atoms with Crippen molar-refractivity contribution in [3.63, 3.8) is 0 Å². The predicted molar refractivity (Wildman–Crippen MR) is 74.0 cm³/mol. The molecule has 0 bridgehead atoms. The molecule has 1 aromatic rings. The maximum absolute atomic E-state index is 11.7. The number of rotatable bonds is 2. The summed E-state index contributed by atoms with van der Waals surface area (Å²) in [6, 6.07) is 5.05. The molecule has 0 heterocycles. The van der Waals surface area contributed by atoms with Crippen LogP contribution in [0.4, 0.5) is 4.79 Å². The fourth-order valence-corrected chi connectivity index (χ4v) is 2.33. The van der Waals surface area contributed by atoms with Gasteiger partial charge in [0.15, 0.2) is 0 Å². The Morgan fingerprint density at radius 1 is 1.25 bits per heavy atom. The highest BCUT2D eigenvalue weighted by Crippen LogP contribution is 2.24. The maximum Gasteiger partial charge on any atom is 0.407 e. The highest BCUT2D eigenvalue weighted by molar-refractivity contribution is 5.88. The Kier molecular flexibility index (Phi) is 3.70. The number of benzene rings is 1. The number of carboxylic acid groups (broad SMARTS) is 1. The van der Waals surface area contributed by atoms with E-state index >= 15 is 0 Å². The van der Waals surface area contributed by atoms with E-state index in [0.717, 1.165) is 11.1 Å². The molecular weight excluding hydrogens is 258 g/mol.